The number of carboxylic acids is 1. The van der Waals surface area contributed by atoms with Crippen LogP contribution in [0.25, 0.3) is 10.6 Å². The van der Waals surface area contributed by atoms with Crippen molar-refractivity contribution in [3.05, 3.63) is 75.8 Å². The zero-order valence-corrected chi connectivity index (χ0v) is 16.1. The number of hydrogen-bond donors (Lipinski definition) is 2. The second-order valence-electron chi connectivity index (χ2n) is 5.97. The first kappa shape index (κ1) is 19.1. The van der Waals surface area contributed by atoms with Crippen LogP contribution >= 0.6 is 22.9 Å². The fraction of sp³-hybridized carbons (Fsp3) is 0.150. The van der Waals surface area contributed by atoms with Gasteiger partial charge in [-0.25, -0.2) is 9.78 Å². The minimum Gasteiger partial charge on any atom is -0.480 e. The van der Waals surface area contributed by atoms with Crippen LogP contribution in [-0.4, -0.2) is 28.0 Å². The number of aliphatic carboxylic acids is 1. The van der Waals surface area contributed by atoms with Crippen molar-refractivity contribution in [2.45, 2.75) is 19.4 Å². The molecule has 5 nitrogen and oxygen atoms in total. The van der Waals surface area contributed by atoms with E-state index in [-0.39, 0.29) is 6.42 Å². The summed E-state index contributed by atoms with van der Waals surface area (Å²) in [6.07, 6.45) is 0.205. The van der Waals surface area contributed by atoms with Crippen molar-refractivity contribution < 1.29 is 14.7 Å². The number of carbonyl (C=O) groups excluding carboxylic acids is 1. The molecule has 1 heterocycles. The van der Waals surface area contributed by atoms with E-state index in [2.05, 4.69) is 10.3 Å². The standard InChI is InChI=1S/C20H17ClN2O3S/c1-12-17(27-19(22-12)14-9-5-6-10-15(14)21)18(24)23-16(20(25)26)11-13-7-3-2-4-8-13/h2-10,16H,11H2,1H3,(H,23,24)(H,25,26). The molecule has 0 bridgehead atoms. The number of carboxylic acid groups (broad SMARTS) is 1. The summed E-state index contributed by atoms with van der Waals surface area (Å²) in [5.41, 5.74) is 2.12. The molecule has 0 spiro atoms. The van der Waals surface area contributed by atoms with E-state index >= 15 is 0 Å². The highest BCUT2D eigenvalue weighted by Crippen LogP contribution is 2.32. The predicted octanol–water partition coefficient (Wildman–Crippen LogP) is 4.20. The summed E-state index contributed by atoms with van der Waals surface area (Å²) in [6, 6.07) is 15.4. The van der Waals surface area contributed by atoms with Crippen LogP contribution in [0.4, 0.5) is 0 Å². The van der Waals surface area contributed by atoms with Gasteiger partial charge in [-0.1, -0.05) is 60.1 Å². The monoisotopic (exact) mass is 400 g/mol. The van der Waals surface area contributed by atoms with E-state index in [0.29, 0.717) is 20.6 Å². The highest BCUT2D eigenvalue weighted by Gasteiger charge is 2.24. The maximum absolute atomic E-state index is 12.7. The average molecular weight is 401 g/mol. The van der Waals surface area contributed by atoms with Gasteiger partial charge in [0.05, 0.1) is 10.7 Å². The molecule has 1 amide bonds. The number of nitrogens with one attached hydrogen (secondary N) is 1. The second-order valence-corrected chi connectivity index (χ2v) is 7.37. The van der Waals surface area contributed by atoms with Crippen LogP contribution in [-0.2, 0) is 11.2 Å². The SMILES string of the molecule is Cc1nc(-c2ccccc2Cl)sc1C(=O)NC(Cc1ccccc1)C(=O)O. The Balaban J connectivity index is 1.81. The number of hydrogen-bond acceptors (Lipinski definition) is 4. The highest BCUT2D eigenvalue weighted by molar-refractivity contribution is 7.17. The summed E-state index contributed by atoms with van der Waals surface area (Å²) in [4.78, 5) is 29.0. The molecule has 0 radical (unpaired) electrons. The summed E-state index contributed by atoms with van der Waals surface area (Å²) in [5.74, 6) is -1.53. The molecule has 0 fully saturated rings. The maximum atomic E-state index is 12.7. The van der Waals surface area contributed by atoms with Crippen LogP contribution in [0, 0.1) is 6.92 Å². The Labute approximate surface area is 165 Å². The Bertz CT molecular complexity index is 972. The van der Waals surface area contributed by atoms with Gasteiger partial charge in [0, 0.05) is 12.0 Å². The van der Waals surface area contributed by atoms with Gasteiger partial charge >= 0.3 is 5.97 Å². The van der Waals surface area contributed by atoms with Gasteiger partial charge in [-0.15, -0.1) is 11.3 Å². The summed E-state index contributed by atoms with van der Waals surface area (Å²) in [7, 11) is 0. The lowest BCUT2D eigenvalue weighted by molar-refractivity contribution is -0.139. The largest absolute Gasteiger partial charge is 0.480 e. The molecule has 3 rings (SSSR count). The molecule has 1 atom stereocenters. The third-order valence-electron chi connectivity index (χ3n) is 3.99. The Morgan fingerprint density at radius 2 is 1.81 bits per heavy atom. The molecule has 7 heteroatoms. The molecule has 0 aliphatic rings. The van der Waals surface area contributed by atoms with Crippen LogP contribution < -0.4 is 5.32 Å². The molecule has 3 aromatic rings. The first-order valence-corrected chi connectivity index (χ1v) is 9.45. The van der Waals surface area contributed by atoms with E-state index in [9.17, 15) is 14.7 Å². The van der Waals surface area contributed by atoms with Gasteiger partial charge in [0.2, 0.25) is 0 Å². The molecule has 2 N–H and O–H groups in total. The molecule has 2 aromatic carbocycles. The fourth-order valence-electron chi connectivity index (χ4n) is 2.63. The van der Waals surface area contributed by atoms with Crippen LogP contribution in [0.3, 0.4) is 0 Å². The van der Waals surface area contributed by atoms with E-state index < -0.39 is 17.9 Å². The van der Waals surface area contributed by atoms with Crippen molar-refractivity contribution in [3.63, 3.8) is 0 Å². The van der Waals surface area contributed by atoms with E-state index in [0.717, 1.165) is 11.1 Å². The average Bonchev–Trinajstić information content (AvgIpc) is 3.04. The summed E-state index contributed by atoms with van der Waals surface area (Å²) >= 11 is 7.40. The van der Waals surface area contributed by atoms with Crippen LogP contribution in [0.5, 0.6) is 0 Å². The van der Waals surface area contributed by atoms with E-state index in [4.69, 9.17) is 11.6 Å². The van der Waals surface area contributed by atoms with Gasteiger partial charge < -0.3 is 10.4 Å². The first-order chi connectivity index (χ1) is 13.0. The normalized spacial score (nSPS) is 11.8. The van der Waals surface area contributed by atoms with Gasteiger partial charge in [0.1, 0.15) is 15.9 Å². The third-order valence-corrected chi connectivity index (χ3v) is 5.51. The number of benzene rings is 2. The number of carbonyl (C=O) groups is 2. The lowest BCUT2D eigenvalue weighted by Gasteiger charge is -2.14. The van der Waals surface area contributed by atoms with Gasteiger partial charge in [0.25, 0.3) is 5.91 Å². The van der Waals surface area contributed by atoms with Gasteiger partial charge in [0.15, 0.2) is 0 Å². The molecule has 0 saturated heterocycles. The number of nitrogens with zero attached hydrogens (tertiary/aromatic N) is 1. The van der Waals surface area contributed by atoms with Crippen LogP contribution in [0.2, 0.25) is 5.02 Å². The Morgan fingerprint density at radius 1 is 1.15 bits per heavy atom. The number of rotatable bonds is 6. The number of halogens is 1. The molecular formula is C20H17ClN2O3S. The Hall–Kier alpha value is -2.70. The zero-order valence-electron chi connectivity index (χ0n) is 14.5. The third kappa shape index (κ3) is 4.53. The van der Waals surface area contributed by atoms with Crippen molar-refractivity contribution in [1.29, 1.82) is 0 Å². The molecular weight excluding hydrogens is 384 g/mol. The second kappa shape index (κ2) is 8.33. The quantitative estimate of drug-likeness (QED) is 0.650. The van der Waals surface area contributed by atoms with Crippen molar-refractivity contribution in [2.75, 3.05) is 0 Å². The predicted molar refractivity (Wildman–Crippen MR) is 106 cm³/mol. The van der Waals surface area contributed by atoms with Crippen molar-refractivity contribution in [2.24, 2.45) is 0 Å². The van der Waals surface area contributed by atoms with Crippen molar-refractivity contribution >= 4 is 34.8 Å². The minimum atomic E-state index is -1.08. The lowest BCUT2D eigenvalue weighted by Crippen LogP contribution is -2.42. The number of aromatic nitrogens is 1. The van der Waals surface area contributed by atoms with E-state index in [1.165, 1.54) is 11.3 Å². The molecule has 0 aliphatic carbocycles. The fourth-order valence-corrected chi connectivity index (χ4v) is 3.92. The topological polar surface area (TPSA) is 79.3 Å². The van der Waals surface area contributed by atoms with Crippen LogP contribution in [0.15, 0.2) is 54.6 Å². The number of amides is 1. The first-order valence-electron chi connectivity index (χ1n) is 8.25. The maximum Gasteiger partial charge on any atom is 0.326 e. The Morgan fingerprint density at radius 3 is 2.48 bits per heavy atom. The number of aryl methyl sites for hydroxylation is 1. The lowest BCUT2D eigenvalue weighted by atomic mass is 10.1. The molecule has 0 saturated carbocycles. The van der Waals surface area contributed by atoms with E-state index in [1.807, 2.05) is 48.5 Å². The molecule has 0 aliphatic heterocycles. The Kier molecular flexibility index (Phi) is 5.88. The minimum absolute atomic E-state index is 0.205. The van der Waals surface area contributed by atoms with E-state index in [1.54, 1.807) is 13.0 Å². The molecule has 138 valence electrons. The summed E-state index contributed by atoms with van der Waals surface area (Å²) in [6.45, 7) is 1.72. The summed E-state index contributed by atoms with van der Waals surface area (Å²) in [5, 5.41) is 13.2. The van der Waals surface area contributed by atoms with Gasteiger partial charge in [-0.3, -0.25) is 4.79 Å². The van der Waals surface area contributed by atoms with Gasteiger partial charge in [-0.2, -0.15) is 0 Å². The highest BCUT2D eigenvalue weighted by atomic mass is 35.5. The smallest absolute Gasteiger partial charge is 0.326 e. The number of thiazole rings is 1. The van der Waals surface area contributed by atoms with Crippen LogP contribution in [0.1, 0.15) is 20.9 Å². The molecule has 1 aromatic heterocycles. The summed E-state index contributed by atoms with van der Waals surface area (Å²) < 4.78 is 0. The molecule has 1 unspecified atom stereocenters. The van der Waals surface area contributed by atoms with Crippen molar-refractivity contribution in [3.8, 4) is 10.6 Å². The van der Waals surface area contributed by atoms with Gasteiger partial charge in [-0.05, 0) is 18.6 Å². The van der Waals surface area contributed by atoms with Crippen molar-refractivity contribution in [1.82, 2.24) is 10.3 Å². The zero-order chi connectivity index (χ0) is 19.4. The molecule has 27 heavy (non-hydrogen) atoms.